The number of hydrogen-bond donors (Lipinski definition) is 3. The van der Waals surface area contributed by atoms with Gasteiger partial charge in [-0.2, -0.15) is 0 Å². The molecule has 0 aliphatic rings. The van der Waals surface area contributed by atoms with Gasteiger partial charge in [0.25, 0.3) is 0 Å². The summed E-state index contributed by atoms with van der Waals surface area (Å²) < 4.78 is 0. The smallest absolute Gasteiger partial charge is 0.00745 e. The van der Waals surface area contributed by atoms with Crippen LogP contribution in [-0.4, -0.2) is 32.7 Å². The molecule has 0 aliphatic heterocycles. The molecule has 67 valence electrons. The fourth-order valence-corrected chi connectivity index (χ4v) is 0.815. The van der Waals surface area contributed by atoms with Gasteiger partial charge in [0.15, 0.2) is 0 Å². The predicted molar refractivity (Wildman–Crippen MR) is 49.4 cm³/mol. The first-order chi connectivity index (χ1) is 5.41. The lowest BCUT2D eigenvalue weighted by Gasteiger charge is -2.03. The average molecular weight is 158 g/mol. The van der Waals surface area contributed by atoms with Crippen LogP contribution in [0.2, 0.25) is 0 Å². The van der Waals surface area contributed by atoms with Crippen LogP contribution in [0.25, 0.3) is 0 Å². The summed E-state index contributed by atoms with van der Waals surface area (Å²) in [6.07, 6.45) is 2.14. The third-order valence-electron chi connectivity index (χ3n) is 1.38. The highest BCUT2D eigenvalue weighted by Gasteiger charge is 1.86. The molecule has 0 aromatic heterocycles. The van der Waals surface area contributed by atoms with Gasteiger partial charge in [0.05, 0.1) is 0 Å². The average Bonchev–Trinajstić information content (AvgIpc) is 2.03. The second-order valence-corrected chi connectivity index (χ2v) is 2.50. The van der Waals surface area contributed by atoms with E-state index in [0.29, 0.717) is 0 Å². The number of nitrogens with two attached hydrogens (primary N) is 1. The van der Waals surface area contributed by atoms with Crippen molar-refractivity contribution in [3.05, 3.63) is 6.92 Å². The van der Waals surface area contributed by atoms with Crippen LogP contribution in [0.3, 0.4) is 0 Å². The third kappa shape index (κ3) is 9.88. The van der Waals surface area contributed by atoms with Gasteiger partial charge in [-0.15, -0.1) is 0 Å². The van der Waals surface area contributed by atoms with Crippen molar-refractivity contribution in [2.24, 2.45) is 5.73 Å². The van der Waals surface area contributed by atoms with Gasteiger partial charge in [-0.1, -0.05) is 6.92 Å². The molecule has 0 saturated heterocycles. The first kappa shape index (κ1) is 10.9. The Bertz CT molecular complexity index is 58.4. The summed E-state index contributed by atoms with van der Waals surface area (Å²) in [6.45, 7) is 8.55. The minimum atomic E-state index is 0.728. The van der Waals surface area contributed by atoms with Crippen molar-refractivity contribution in [3.8, 4) is 0 Å². The normalized spacial score (nSPS) is 10.4. The van der Waals surface area contributed by atoms with Gasteiger partial charge in [0.1, 0.15) is 0 Å². The van der Waals surface area contributed by atoms with E-state index >= 15 is 0 Å². The Labute approximate surface area is 69.7 Å². The van der Waals surface area contributed by atoms with Gasteiger partial charge in [-0.3, -0.25) is 0 Å². The largest absolute Gasteiger partial charge is 0.329 e. The first-order valence-electron chi connectivity index (χ1n) is 4.32. The van der Waals surface area contributed by atoms with Gasteiger partial charge >= 0.3 is 0 Å². The highest BCUT2D eigenvalue weighted by molar-refractivity contribution is 4.52. The second-order valence-electron chi connectivity index (χ2n) is 2.50. The van der Waals surface area contributed by atoms with E-state index in [4.69, 9.17) is 5.73 Å². The highest BCUT2D eigenvalue weighted by atomic mass is 14.9. The van der Waals surface area contributed by atoms with E-state index in [1.807, 2.05) is 0 Å². The summed E-state index contributed by atoms with van der Waals surface area (Å²) in [5.74, 6) is 0. The summed E-state index contributed by atoms with van der Waals surface area (Å²) in [4.78, 5) is 0. The summed E-state index contributed by atoms with van der Waals surface area (Å²) >= 11 is 0. The van der Waals surface area contributed by atoms with E-state index in [2.05, 4.69) is 17.6 Å². The van der Waals surface area contributed by atoms with E-state index in [1.165, 1.54) is 6.42 Å². The third-order valence-corrected chi connectivity index (χ3v) is 1.38. The van der Waals surface area contributed by atoms with Crippen LogP contribution in [0.5, 0.6) is 0 Å². The zero-order valence-corrected chi connectivity index (χ0v) is 7.23. The summed E-state index contributed by atoms with van der Waals surface area (Å²) in [5.41, 5.74) is 5.30. The summed E-state index contributed by atoms with van der Waals surface area (Å²) in [5, 5.41) is 6.51. The monoisotopic (exact) mass is 158 g/mol. The zero-order chi connectivity index (χ0) is 8.36. The number of hydrogen-bond acceptors (Lipinski definition) is 3. The van der Waals surface area contributed by atoms with Gasteiger partial charge in [-0.05, 0) is 32.5 Å². The van der Waals surface area contributed by atoms with E-state index < -0.39 is 0 Å². The summed E-state index contributed by atoms with van der Waals surface area (Å²) in [6, 6.07) is 0. The molecule has 3 nitrogen and oxygen atoms in total. The van der Waals surface area contributed by atoms with Crippen LogP contribution in [0, 0.1) is 6.92 Å². The number of nitrogens with one attached hydrogen (secondary N) is 2. The maximum absolute atomic E-state index is 5.30. The van der Waals surface area contributed by atoms with E-state index in [1.54, 1.807) is 0 Å². The van der Waals surface area contributed by atoms with Crippen LogP contribution in [-0.2, 0) is 0 Å². The van der Waals surface area contributed by atoms with Gasteiger partial charge in [0.2, 0.25) is 0 Å². The Balaban J connectivity index is 2.69. The second kappa shape index (κ2) is 9.88. The maximum atomic E-state index is 5.30. The van der Waals surface area contributed by atoms with Crippen LogP contribution in [0.15, 0.2) is 0 Å². The van der Waals surface area contributed by atoms with Crippen LogP contribution >= 0.6 is 0 Å². The van der Waals surface area contributed by atoms with E-state index in [9.17, 15) is 0 Å². The van der Waals surface area contributed by atoms with Crippen molar-refractivity contribution < 1.29 is 0 Å². The molecule has 3 heteroatoms. The molecule has 0 atom stereocenters. The molecule has 0 rings (SSSR count). The van der Waals surface area contributed by atoms with E-state index in [-0.39, 0.29) is 0 Å². The molecule has 0 saturated carbocycles. The fraction of sp³-hybridized carbons (Fsp3) is 0.875. The molecule has 0 bridgehead atoms. The molecule has 0 aromatic carbocycles. The minimum Gasteiger partial charge on any atom is -0.329 e. The quantitative estimate of drug-likeness (QED) is 0.427. The molecular formula is C8H20N3. The Morgan fingerprint density at radius 2 is 1.64 bits per heavy atom. The molecule has 0 aromatic rings. The van der Waals surface area contributed by atoms with Gasteiger partial charge < -0.3 is 16.4 Å². The topological polar surface area (TPSA) is 50.1 Å². The lowest BCUT2D eigenvalue weighted by atomic mass is 10.4. The molecule has 0 amide bonds. The van der Waals surface area contributed by atoms with Crippen LogP contribution in [0.1, 0.15) is 12.8 Å². The zero-order valence-electron chi connectivity index (χ0n) is 7.23. The van der Waals surface area contributed by atoms with Crippen molar-refractivity contribution in [1.29, 1.82) is 0 Å². The molecule has 0 heterocycles. The SMILES string of the molecule is [CH2]CCNCCCNCCN. The predicted octanol–water partition coefficient (Wildman–Crippen LogP) is -0.261. The highest BCUT2D eigenvalue weighted by Crippen LogP contribution is 1.74. The Morgan fingerprint density at radius 1 is 1.00 bits per heavy atom. The molecule has 11 heavy (non-hydrogen) atoms. The summed E-state index contributed by atoms with van der Waals surface area (Å²) in [7, 11) is 0. The van der Waals surface area contributed by atoms with Crippen molar-refractivity contribution >= 4 is 0 Å². The molecular weight excluding hydrogens is 138 g/mol. The Kier molecular flexibility index (Phi) is 9.77. The van der Waals surface area contributed by atoms with E-state index in [0.717, 1.165) is 39.1 Å². The molecule has 0 unspecified atom stereocenters. The Hall–Kier alpha value is -0.120. The van der Waals surface area contributed by atoms with Crippen molar-refractivity contribution in [3.63, 3.8) is 0 Å². The number of rotatable bonds is 8. The lowest BCUT2D eigenvalue weighted by molar-refractivity contribution is 0.601. The molecule has 0 spiro atoms. The van der Waals surface area contributed by atoms with Crippen LogP contribution < -0.4 is 16.4 Å². The fourth-order valence-electron chi connectivity index (χ4n) is 0.815. The van der Waals surface area contributed by atoms with Gasteiger partial charge in [0, 0.05) is 13.1 Å². The molecule has 0 fully saturated rings. The Morgan fingerprint density at radius 3 is 2.18 bits per heavy atom. The first-order valence-corrected chi connectivity index (χ1v) is 4.32. The minimum absolute atomic E-state index is 0.728. The van der Waals surface area contributed by atoms with Crippen molar-refractivity contribution in [1.82, 2.24) is 10.6 Å². The lowest BCUT2D eigenvalue weighted by Crippen LogP contribution is -2.26. The molecule has 1 radical (unpaired) electrons. The maximum Gasteiger partial charge on any atom is 0.00745 e. The van der Waals surface area contributed by atoms with Crippen molar-refractivity contribution in [2.75, 3.05) is 32.7 Å². The standard InChI is InChI=1S/C8H20N3/c1-2-5-10-6-3-7-11-8-4-9/h10-11H,1-9H2. The molecule has 4 N–H and O–H groups in total. The van der Waals surface area contributed by atoms with Crippen molar-refractivity contribution in [2.45, 2.75) is 12.8 Å². The molecule has 0 aliphatic carbocycles. The van der Waals surface area contributed by atoms with Gasteiger partial charge in [-0.25, -0.2) is 0 Å². The van der Waals surface area contributed by atoms with Crippen LogP contribution in [0.4, 0.5) is 0 Å².